The minimum Gasteiger partial charge on any atom is -0.493 e. The molecule has 6 nitrogen and oxygen atoms in total. The molecule has 2 fully saturated rings. The fraction of sp³-hybridized carbons (Fsp3) is 0.500. The summed E-state index contributed by atoms with van der Waals surface area (Å²) >= 11 is 0. The van der Waals surface area contributed by atoms with Crippen molar-refractivity contribution < 1.29 is 19.1 Å². The van der Waals surface area contributed by atoms with E-state index >= 15 is 0 Å². The maximum Gasteiger partial charge on any atom is 0.254 e. The van der Waals surface area contributed by atoms with Gasteiger partial charge in [-0.05, 0) is 31.0 Å². The molecule has 2 amide bonds. The molecular formula is C16H20N2O4. The van der Waals surface area contributed by atoms with Crippen molar-refractivity contribution in [3.8, 4) is 11.5 Å². The van der Waals surface area contributed by atoms with Crippen LogP contribution in [0, 0.1) is 0 Å². The van der Waals surface area contributed by atoms with Gasteiger partial charge in [0.25, 0.3) is 5.91 Å². The highest BCUT2D eigenvalue weighted by Gasteiger charge is 2.37. The third-order valence-corrected chi connectivity index (χ3v) is 4.16. The van der Waals surface area contributed by atoms with Crippen molar-refractivity contribution in [3.63, 3.8) is 0 Å². The molecule has 0 N–H and O–H groups in total. The number of benzene rings is 1. The van der Waals surface area contributed by atoms with Crippen molar-refractivity contribution >= 4 is 11.8 Å². The number of rotatable bonds is 4. The largest absolute Gasteiger partial charge is 0.493 e. The van der Waals surface area contributed by atoms with Crippen LogP contribution in [0.15, 0.2) is 18.2 Å². The summed E-state index contributed by atoms with van der Waals surface area (Å²) in [6.07, 6.45) is 2.19. The molecule has 1 heterocycles. The van der Waals surface area contributed by atoms with Gasteiger partial charge in [-0.2, -0.15) is 0 Å². The van der Waals surface area contributed by atoms with Crippen LogP contribution in [0.1, 0.15) is 23.2 Å². The zero-order chi connectivity index (χ0) is 15.7. The predicted octanol–water partition coefficient (Wildman–Crippen LogP) is 1.15. The quantitative estimate of drug-likeness (QED) is 0.837. The first kappa shape index (κ1) is 14.7. The molecule has 0 unspecified atom stereocenters. The van der Waals surface area contributed by atoms with E-state index in [1.807, 2.05) is 4.90 Å². The Morgan fingerprint density at radius 1 is 1.14 bits per heavy atom. The summed E-state index contributed by atoms with van der Waals surface area (Å²) in [5, 5.41) is 0. The lowest BCUT2D eigenvalue weighted by Crippen LogP contribution is -2.52. The highest BCUT2D eigenvalue weighted by Crippen LogP contribution is 2.30. The standard InChI is InChI=1S/C16H20N2O4/c1-21-13-6-3-11(9-14(13)22-2)16(20)17-7-8-18(12-4-5-12)15(19)10-17/h3,6,9,12H,4-5,7-8,10H2,1-2H3. The Morgan fingerprint density at radius 3 is 2.45 bits per heavy atom. The Bertz CT molecular complexity index is 598. The third kappa shape index (κ3) is 2.73. The van der Waals surface area contributed by atoms with E-state index in [2.05, 4.69) is 0 Å². The second-order valence-corrected chi connectivity index (χ2v) is 5.61. The number of hydrogen-bond acceptors (Lipinski definition) is 4. The Morgan fingerprint density at radius 2 is 1.86 bits per heavy atom. The summed E-state index contributed by atoms with van der Waals surface area (Å²) in [5.74, 6) is 0.984. The summed E-state index contributed by atoms with van der Waals surface area (Å²) in [4.78, 5) is 28.2. The maximum atomic E-state index is 12.6. The molecule has 0 atom stereocenters. The third-order valence-electron chi connectivity index (χ3n) is 4.16. The van der Waals surface area contributed by atoms with Gasteiger partial charge in [0.15, 0.2) is 11.5 Å². The molecule has 118 valence electrons. The van der Waals surface area contributed by atoms with Crippen LogP contribution in [0.4, 0.5) is 0 Å². The van der Waals surface area contributed by atoms with Crippen LogP contribution in [-0.4, -0.2) is 61.5 Å². The zero-order valence-electron chi connectivity index (χ0n) is 12.9. The van der Waals surface area contributed by atoms with Crippen LogP contribution < -0.4 is 9.47 Å². The molecular weight excluding hydrogens is 284 g/mol. The van der Waals surface area contributed by atoms with Crippen LogP contribution in [0.3, 0.4) is 0 Å². The average molecular weight is 304 g/mol. The molecule has 0 bridgehead atoms. The van der Waals surface area contributed by atoms with E-state index in [0.717, 1.165) is 12.8 Å². The lowest BCUT2D eigenvalue weighted by atomic mass is 10.1. The number of ether oxygens (including phenoxy) is 2. The Kier molecular flexibility index (Phi) is 3.92. The number of amides is 2. The summed E-state index contributed by atoms with van der Waals surface area (Å²) in [6.45, 7) is 1.36. The first-order valence-corrected chi connectivity index (χ1v) is 7.45. The molecule has 1 saturated heterocycles. The minimum absolute atomic E-state index is 0.0441. The zero-order valence-corrected chi connectivity index (χ0v) is 12.9. The van der Waals surface area contributed by atoms with E-state index in [0.29, 0.717) is 36.2 Å². The van der Waals surface area contributed by atoms with E-state index in [4.69, 9.17) is 9.47 Å². The highest BCUT2D eigenvalue weighted by molar-refractivity contribution is 5.97. The molecule has 1 aromatic rings. The van der Waals surface area contributed by atoms with Gasteiger partial charge in [-0.25, -0.2) is 0 Å². The molecule has 0 radical (unpaired) electrons. The van der Waals surface area contributed by atoms with Crippen molar-refractivity contribution in [2.75, 3.05) is 33.9 Å². The first-order valence-electron chi connectivity index (χ1n) is 7.45. The van der Waals surface area contributed by atoms with Crippen LogP contribution in [0.5, 0.6) is 11.5 Å². The van der Waals surface area contributed by atoms with E-state index < -0.39 is 0 Å². The second kappa shape index (κ2) is 5.87. The van der Waals surface area contributed by atoms with Crippen molar-refractivity contribution in [3.05, 3.63) is 23.8 Å². The van der Waals surface area contributed by atoms with Gasteiger partial charge in [-0.1, -0.05) is 0 Å². The van der Waals surface area contributed by atoms with E-state index in [1.54, 1.807) is 30.2 Å². The van der Waals surface area contributed by atoms with Gasteiger partial charge < -0.3 is 19.3 Å². The molecule has 0 spiro atoms. The molecule has 3 rings (SSSR count). The summed E-state index contributed by atoms with van der Waals surface area (Å²) in [5.41, 5.74) is 0.505. The van der Waals surface area contributed by atoms with Gasteiger partial charge in [0.1, 0.15) is 6.54 Å². The molecule has 22 heavy (non-hydrogen) atoms. The first-order chi connectivity index (χ1) is 10.6. The molecule has 1 aliphatic heterocycles. The molecule has 1 saturated carbocycles. The Labute approximate surface area is 129 Å². The molecule has 1 aromatic carbocycles. The van der Waals surface area contributed by atoms with E-state index in [9.17, 15) is 9.59 Å². The summed E-state index contributed by atoms with van der Waals surface area (Å²) in [7, 11) is 3.08. The number of nitrogens with zero attached hydrogens (tertiary/aromatic N) is 2. The number of hydrogen-bond donors (Lipinski definition) is 0. The van der Waals surface area contributed by atoms with Gasteiger partial charge in [-0.3, -0.25) is 9.59 Å². The van der Waals surface area contributed by atoms with Crippen LogP contribution in [0.25, 0.3) is 0 Å². The normalized spacial score (nSPS) is 18.4. The van der Waals surface area contributed by atoms with Crippen molar-refractivity contribution in [2.45, 2.75) is 18.9 Å². The highest BCUT2D eigenvalue weighted by atomic mass is 16.5. The molecule has 0 aromatic heterocycles. The van der Waals surface area contributed by atoms with Crippen LogP contribution in [0.2, 0.25) is 0 Å². The van der Waals surface area contributed by atoms with Crippen molar-refractivity contribution in [2.24, 2.45) is 0 Å². The topological polar surface area (TPSA) is 59.1 Å². The number of carbonyl (C=O) groups excluding carboxylic acids is 2. The van der Waals surface area contributed by atoms with Crippen LogP contribution >= 0.6 is 0 Å². The average Bonchev–Trinajstić information content (AvgIpc) is 3.38. The number of methoxy groups -OCH3 is 2. The summed E-state index contributed by atoms with van der Waals surface area (Å²) in [6, 6.07) is 5.46. The monoisotopic (exact) mass is 304 g/mol. The lowest BCUT2D eigenvalue weighted by Gasteiger charge is -2.34. The lowest BCUT2D eigenvalue weighted by molar-refractivity contribution is -0.135. The SMILES string of the molecule is COc1ccc(C(=O)N2CCN(C3CC3)C(=O)C2)cc1OC. The van der Waals surface area contributed by atoms with E-state index in [1.165, 1.54) is 7.11 Å². The minimum atomic E-state index is -0.148. The number of carbonyl (C=O) groups is 2. The molecule has 2 aliphatic rings. The van der Waals surface area contributed by atoms with Gasteiger partial charge in [0.2, 0.25) is 5.91 Å². The Hall–Kier alpha value is -2.24. The second-order valence-electron chi connectivity index (χ2n) is 5.61. The van der Waals surface area contributed by atoms with Gasteiger partial charge in [0, 0.05) is 24.7 Å². The fourth-order valence-corrected chi connectivity index (χ4v) is 2.78. The number of piperazine rings is 1. The fourth-order valence-electron chi connectivity index (χ4n) is 2.78. The Balaban J connectivity index is 1.72. The molecule has 1 aliphatic carbocycles. The van der Waals surface area contributed by atoms with Gasteiger partial charge in [-0.15, -0.1) is 0 Å². The molecule has 6 heteroatoms. The predicted molar refractivity (Wildman–Crippen MR) is 80.2 cm³/mol. The summed E-state index contributed by atoms with van der Waals surface area (Å²) < 4.78 is 10.4. The van der Waals surface area contributed by atoms with Gasteiger partial charge in [0.05, 0.1) is 14.2 Å². The smallest absolute Gasteiger partial charge is 0.254 e. The van der Waals surface area contributed by atoms with E-state index in [-0.39, 0.29) is 18.4 Å². The van der Waals surface area contributed by atoms with Gasteiger partial charge >= 0.3 is 0 Å². The van der Waals surface area contributed by atoms with Crippen molar-refractivity contribution in [1.82, 2.24) is 9.80 Å². The van der Waals surface area contributed by atoms with Crippen molar-refractivity contribution in [1.29, 1.82) is 0 Å². The van der Waals surface area contributed by atoms with Crippen LogP contribution in [-0.2, 0) is 4.79 Å². The maximum absolute atomic E-state index is 12.6.